The van der Waals surface area contributed by atoms with E-state index in [4.69, 9.17) is 14.4 Å². The van der Waals surface area contributed by atoms with Gasteiger partial charge in [-0.2, -0.15) is 4.57 Å². The molecule has 3 aromatic heterocycles. The molecule has 0 amide bonds. The van der Waals surface area contributed by atoms with Crippen molar-refractivity contribution >= 4 is 43.9 Å². The molecule has 0 bridgehead atoms. The van der Waals surface area contributed by atoms with Gasteiger partial charge in [0.05, 0.1) is 18.0 Å². The average molecular weight is 582 g/mol. The van der Waals surface area contributed by atoms with Crippen molar-refractivity contribution in [3.8, 4) is 17.1 Å². The maximum Gasteiger partial charge on any atom is 0.299 e. The van der Waals surface area contributed by atoms with E-state index < -0.39 is 0 Å². The molecule has 0 fully saturated rings. The quantitative estimate of drug-likeness (QED) is 0.194. The van der Waals surface area contributed by atoms with Gasteiger partial charge >= 0.3 is 0 Å². The van der Waals surface area contributed by atoms with Crippen LogP contribution >= 0.6 is 0 Å². The van der Waals surface area contributed by atoms with Crippen molar-refractivity contribution < 1.29 is 8.98 Å². The number of nitrogens with zero attached hydrogens (tertiary/aromatic N) is 4. The Balaban J connectivity index is 1.62. The molecule has 0 aliphatic heterocycles. The van der Waals surface area contributed by atoms with Gasteiger partial charge in [-0.1, -0.05) is 90.9 Å². The van der Waals surface area contributed by atoms with Gasteiger partial charge in [-0.05, 0) is 48.6 Å². The van der Waals surface area contributed by atoms with Gasteiger partial charge in [0.2, 0.25) is 0 Å². The zero-order chi connectivity index (χ0) is 31.1. The fourth-order valence-corrected chi connectivity index (χ4v) is 6.73. The zero-order valence-electron chi connectivity index (χ0n) is 27.3. The molecule has 4 aromatic carbocycles. The fourth-order valence-electron chi connectivity index (χ4n) is 6.73. The number of fused-ring (bicyclic) bond motifs is 6. The molecule has 0 radical (unpaired) electrons. The number of hydrogen-bond donors (Lipinski definition) is 0. The van der Waals surface area contributed by atoms with Crippen molar-refractivity contribution in [2.45, 2.75) is 72.6 Å². The second-order valence-corrected chi connectivity index (χ2v) is 13.9. The summed E-state index contributed by atoms with van der Waals surface area (Å²) in [6, 6.07) is 24.2. The van der Waals surface area contributed by atoms with Crippen LogP contribution < -0.4 is 4.57 Å². The maximum atomic E-state index is 6.95. The number of benzene rings is 4. The van der Waals surface area contributed by atoms with Crippen molar-refractivity contribution in [1.29, 1.82) is 0 Å². The van der Waals surface area contributed by atoms with Crippen molar-refractivity contribution in [3.63, 3.8) is 0 Å². The van der Waals surface area contributed by atoms with Crippen LogP contribution in [0.25, 0.3) is 61.0 Å². The Morgan fingerprint density at radius 3 is 2.11 bits per heavy atom. The molecule has 0 aliphatic rings. The molecular weight excluding hydrogens is 540 g/mol. The molecule has 0 atom stereocenters. The molecule has 7 rings (SSSR count). The lowest BCUT2D eigenvalue weighted by atomic mass is 9.92. The van der Waals surface area contributed by atoms with E-state index in [2.05, 4.69) is 138 Å². The Hall–Kier alpha value is -4.51. The Labute approximate surface area is 259 Å². The minimum Gasteiger partial charge on any atom is -0.454 e. The second kappa shape index (κ2) is 10.0. The van der Waals surface area contributed by atoms with Crippen LogP contribution in [-0.4, -0.2) is 14.5 Å². The Morgan fingerprint density at radius 2 is 1.43 bits per heavy atom. The highest BCUT2D eigenvalue weighted by molar-refractivity contribution is 6.16. The maximum absolute atomic E-state index is 6.95. The van der Waals surface area contributed by atoms with Crippen LogP contribution in [0.15, 0.2) is 77.3 Å². The summed E-state index contributed by atoms with van der Waals surface area (Å²) in [5, 5.41) is 3.12. The highest BCUT2D eigenvalue weighted by atomic mass is 16.3. The van der Waals surface area contributed by atoms with Crippen LogP contribution in [-0.2, 0) is 12.5 Å². The number of aromatic nitrogens is 4. The van der Waals surface area contributed by atoms with E-state index in [-0.39, 0.29) is 5.41 Å². The molecule has 0 aliphatic carbocycles. The lowest BCUT2D eigenvalue weighted by Gasteiger charge is -2.18. The molecule has 0 unspecified atom stereocenters. The summed E-state index contributed by atoms with van der Waals surface area (Å²) in [5.41, 5.74) is 11.1. The molecule has 44 heavy (non-hydrogen) atoms. The Morgan fingerprint density at radius 1 is 0.773 bits per heavy atom. The molecule has 222 valence electrons. The number of furan rings is 1. The summed E-state index contributed by atoms with van der Waals surface area (Å²) in [5.74, 6) is 2.66. The number of para-hydroxylation sites is 3. The molecule has 0 N–H and O–H groups in total. The minimum absolute atomic E-state index is 0.134. The number of hydrogen-bond acceptors (Lipinski definition) is 3. The molecule has 0 saturated carbocycles. The standard InChI is InChI=1S/C39H41N4O/c1-22(2)25-13-12-14-26(23(3)4)34(25)43-32-16-11-10-15-31(32)42(9)37(43)33-24(5)17-18-28-27-19-20-30-29(35(27)44-36(28)33)21-40-38(41-30)39(6,7)8/h10-23H,1-9H3/q+1. The SMILES string of the molecule is Cc1ccc2c(oc3c4cnc(C(C)(C)C)nc4ccc23)c1-c1n(-c2c(C(C)C)cccc2C(C)C)c2ccccc2[n+]1C. The first kappa shape index (κ1) is 28.3. The summed E-state index contributed by atoms with van der Waals surface area (Å²) >= 11 is 0. The van der Waals surface area contributed by atoms with Gasteiger partial charge in [0, 0.05) is 33.5 Å². The third-order valence-electron chi connectivity index (χ3n) is 9.05. The topological polar surface area (TPSA) is 47.7 Å². The summed E-state index contributed by atoms with van der Waals surface area (Å²) in [6.07, 6.45) is 1.94. The van der Waals surface area contributed by atoms with Gasteiger partial charge in [-0.3, -0.25) is 0 Å². The van der Waals surface area contributed by atoms with Gasteiger partial charge < -0.3 is 4.42 Å². The van der Waals surface area contributed by atoms with Crippen molar-refractivity contribution in [1.82, 2.24) is 14.5 Å². The van der Waals surface area contributed by atoms with Gasteiger partial charge in [-0.15, -0.1) is 0 Å². The van der Waals surface area contributed by atoms with E-state index >= 15 is 0 Å². The predicted octanol–water partition coefficient (Wildman–Crippen LogP) is 9.82. The van der Waals surface area contributed by atoms with E-state index in [0.717, 1.165) is 50.1 Å². The number of aryl methyl sites for hydroxylation is 2. The first-order valence-corrected chi connectivity index (χ1v) is 15.7. The van der Waals surface area contributed by atoms with Crippen molar-refractivity contribution in [2.75, 3.05) is 0 Å². The zero-order valence-corrected chi connectivity index (χ0v) is 27.3. The summed E-state index contributed by atoms with van der Waals surface area (Å²) < 4.78 is 11.8. The molecule has 5 heteroatoms. The van der Waals surface area contributed by atoms with Crippen LogP contribution in [0.4, 0.5) is 0 Å². The minimum atomic E-state index is -0.134. The van der Waals surface area contributed by atoms with E-state index in [9.17, 15) is 0 Å². The number of imidazole rings is 1. The molecule has 7 aromatic rings. The Bertz CT molecular complexity index is 2220. The first-order valence-electron chi connectivity index (χ1n) is 15.7. The molecule has 3 heterocycles. The Kier molecular flexibility index (Phi) is 6.44. The van der Waals surface area contributed by atoms with Crippen molar-refractivity contribution in [3.05, 3.63) is 95.4 Å². The van der Waals surface area contributed by atoms with Crippen LogP contribution in [0.5, 0.6) is 0 Å². The summed E-state index contributed by atoms with van der Waals surface area (Å²) in [7, 11) is 2.18. The van der Waals surface area contributed by atoms with Crippen molar-refractivity contribution in [2.24, 2.45) is 7.05 Å². The van der Waals surface area contributed by atoms with Gasteiger partial charge in [0.1, 0.15) is 22.7 Å². The fraction of sp³-hybridized carbons (Fsp3) is 0.308. The van der Waals surface area contributed by atoms with Crippen LogP contribution in [0.1, 0.15) is 82.8 Å². The molecule has 0 spiro atoms. The van der Waals surface area contributed by atoms with Gasteiger partial charge in [-0.25, -0.2) is 14.5 Å². The normalized spacial score (nSPS) is 12.6. The third kappa shape index (κ3) is 4.16. The predicted molar refractivity (Wildman–Crippen MR) is 182 cm³/mol. The first-order chi connectivity index (χ1) is 21.0. The second-order valence-electron chi connectivity index (χ2n) is 13.9. The molecular formula is C39H41N4O+. The monoisotopic (exact) mass is 581 g/mol. The van der Waals surface area contributed by atoms with Gasteiger partial charge in [0.15, 0.2) is 16.6 Å². The van der Waals surface area contributed by atoms with Crippen LogP contribution in [0.3, 0.4) is 0 Å². The van der Waals surface area contributed by atoms with E-state index in [1.54, 1.807) is 0 Å². The molecule has 5 nitrogen and oxygen atoms in total. The number of rotatable bonds is 4. The lowest BCUT2D eigenvalue weighted by Crippen LogP contribution is -2.30. The van der Waals surface area contributed by atoms with E-state index in [1.807, 2.05) is 6.20 Å². The van der Waals surface area contributed by atoms with Gasteiger partial charge in [0.25, 0.3) is 5.82 Å². The smallest absolute Gasteiger partial charge is 0.299 e. The average Bonchev–Trinajstić information content (AvgIpc) is 3.51. The van der Waals surface area contributed by atoms with E-state index in [1.165, 1.54) is 33.4 Å². The lowest BCUT2D eigenvalue weighted by molar-refractivity contribution is -0.633. The van der Waals surface area contributed by atoms with Crippen LogP contribution in [0, 0.1) is 6.92 Å². The largest absolute Gasteiger partial charge is 0.454 e. The summed E-state index contributed by atoms with van der Waals surface area (Å²) in [6.45, 7) is 17.8. The van der Waals surface area contributed by atoms with Crippen LogP contribution in [0.2, 0.25) is 0 Å². The third-order valence-corrected chi connectivity index (χ3v) is 9.05. The highest BCUT2D eigenvalue weighted by Crippen LogP contribution is 2.42. The van der Waals surface area contributed by atoms with E-state index in [0.29, 0.717) is 11.8 Å². The highest BCUT2D eigenvalue weighted by Gasteiger charge is 2.33. The molecule has 0 saturated heterocycles. The summed E-state index contributed by atoms with van der Waals surface area (Å²) in [4.78, 5) is 9.70.